The SMILES string of the molecule is CCSC1CCC(Nc2ccccc2S(=O)(=O)N(C)C)C1. The summed E-state index contributed by atoms with van der Waals surface area (Å²) in [5, 5.41) is 4.14. The Balaban J connectivity index is 2.15. The van der Waals surface area contributed by atoms with Crippen molar-refractivity contribution in [3.05, 3.63) is 24.3 Å². The van der Waals surface area contributed by atoms with Crippen molar-refractivity contribution in [2.75, 3.05) is 25.2 Å². The molecule has 118 valence electrons. The number of nitrogens with zero attached hydrogens (tertiary/aromatic N) is 1. The molecule has 1 aromatic carbocycles. The Morgan fingerprint density at radius 3 is 2.67 bits per heavy atom. The molecule has 0 saturated heterocycles. The first kappa shape index (κ1) is 16.6. The molecule has 0 aliphatic heterocycles. The minimum Gasteiger partial charge on any atom is -0.381 e. The van der Waals surface area contributed by atoms with E-state index < -0.39 is 10.0 Å². The van der Waals surface area contributed by atoms with E-state index >= 15 is 0 Å². The van der Waals surface area contributed by atoms with Gasteiger partial charge < -0.3 is 5.32 Å². The average Bonchev–Trinajstić information content (AvgIpc) is 2.87. The Bertz CT molecular complexity index is 573. The molecule has 1 fully saturated rings. The molecule has 1 N–H and O–H groups in total. The number of thioether (sulfide) groups is 1. The van der Waals surface area contributed by atoms with Crippen LogP contribution in [-0.2, 0) is 10.0 Å². The van der Waals surface area contributed by atoms with Gasteiger partial charge in [-0.2, -0.15) is 11.8 Å². The number of hydrogen-bond donors (Lipinski definition) is 1. The Morgan fingerprint density at radius 1 is 1.29 bits per heavy atom. The molecule has 1 saturated carbocycles. The van der Waals surface area contributed by atoms with Crippen LogP contribution in [-0.4, -0.2) is 43.9 Å². The van der Waals surface area contributed by atoms with Gasteiger partial charge in [-0.1, -0.05) is 19.1 Å². The lowest BCUT2D eigenvalue weighted by molar-refractivity contribution is 0.521. The number of sulfonamides is 1. The molecule has 0 heterocycles. The maximum atomic E-state index is 12.4. The fourth-order valence-corrected chi connectivity index (χ4v) is 4.88. The van der Waals surface area contributed by atoms with Crippen LogP contribution < -0.4 is 5.32 Å². The topological polar surface area (TPSA) is 49.4 Å². The van der Waals surface area contributed by atoms with Crippen LogP contribution in [0.15, 0.2) is 29.2 Å². The van der Waals surface area contributed by atoms with Gasteiger partial charge in [0.1, 0.15) is 4.90 Å². The first-order chi connectivity index (χ1) is 9.95. The van der Waals surface area contributed by atoms with E-state index in [0.29, 0.717) is 16.2 Å². The quantitative estimate of drug-likeness (QED) is 0.872. The molecular weight excluding hydrogens is 304 g/mol. The zero-order chi connectivity index (χ0) is 15.5. The van der Waals surface area contributed by atoms with Crippen molar-refractivity contribution in [2.24, 2.45) is 0 Å². The van der Waals surface area contributed by atoms with Crippen molar-refractivity contribution in [1.29, 1.82) is 0 Å². The van der Waals surface area contributed by atoms with Crippen LogP contribution in [0.3, 0.4) is 0 Å². The molecule has 21 heavy (non-hydrogen) atoms. The lowest BCUT2D eigenvalue weighted by atomic mass is 10.2. The smallest absolute Gasteiger partial charge is 0.244 e. The van der Waals surface area contributed by atoms with E-state index in [-0.39, 0.29) is 0 Å². The largest absolute Gasteiger partial charge is 0.381 e. The molecule has 0 spiro atoms. The minimum absolute atomic E-state index is 0.363. The summed E-state index contributed by atoms with van der Waals surface area (Å²) in [6.45, 7) is 2.18. The van der Waals surface area contributed by atoms with Crippen molar-refractivity contribution >= 4 is 27.5 Å². The molecule has 4 nitrogen and oxygen atoms in total. The lowest BCUT2D eigenvalue weighted by Crippen LogP contribution is -2.25. The molecule has 1 aromatic rings. The normalized spacial score (nSPS) is 22.7. The third-order valence-corrected chi connectivity index (χ3v) is 6.90. The Labute approximate surface area is 132 Å². The second kappa shape index (κ2) is 7.03. The molecule has 2 unspecified atom stereocenters. The zero-order valence-electron chi connectivity index (χ0n) is 12.9. The van der Waals surface area contributed by atoms with Crippen molar-refractivity contribution in [3.8, 4) is 0 Å². The second-order valence-electron chi connectivity index (χ2n) is 5.52. The van der Waals surface area contributed by atoms with E-state index in [1.54, 1.807) is 26.2 Å². The van der Waals surface area contributed by atoms with Crippen molar-refractivity contribution < 1.29 is 8.42 Å². The monoisotopic (exact) mass is 328 g/mol. The van der Waals surface area contributed by atoms with Gasteiger partial charge in [0.05, 0.1) is 5.69 Å². The number of benzene rings is 1. The molecule has 1 aliphatic carbocycles. The van der Waals surface area contributed by atoms with Crippen LogP contribution in [0.25, 0.3) is 0 Å². The van der Waals surface area contributed by atoms with Gasteiger partial charge in [-0.3, -0.25) is 0 Å². The average molecular weight is 329 g/mol. The van der Waals surface area contributed by atoms with E-state index in [4.69, 9.17) is 0 Å². The van der Waals surface area contributed by atoms with E-state index in [1.807, 2.05) is 23.9 Å². The standard InChI is InChI=1S/C15H24N2O2S2/c1-4-20-13-10-9-12(11-13)16-14-7-5-6-8-15(14)21(18,19)17(2)3/h5-8,12-13,16H,4,9-11H2,1-3H3. The predicted molar refractivity (Wildman–Crippen MR) is 90.5 cm³/mol. The lowest BCUT2D eigenvalue weighted by Gasteiger charge is -2.19. The van der Waals surface area contributed by atoms with Gasteiger partial charge >= 0.3 is 0 Å². The second-order valence-corrected chi connectivity index (χ2v) is 9.21. The third kappa shape index (κ3) is 3.93. The van der Waals surface area contributed by atoms with Gasteiger partial charge in [-0.25, -0.2) is 12.7 Å². The zero-order valence-corrected chi connectivity index (χ0v) is 14.5. The summed E-state index contributed by atoms with van der Waals surface area (Å²) >= 11 is 2.00. The van der Waals surface area contributed by atoms with E-state index in [0.717, 1.165) is 24.3 Å². The van der Waals surface area contributed by atoms with Gasteiger partial charge in [-0.15, -0.1) is 0 Å². The van der Waals surface area contributed by atoms with Crippen LogP contribution in [0.5, 0.6) is 0 Å². The summed E-state index contributed by atoms with van der Waals surface area (Å²) in [6.07, 6.45) is 3.42. The van der Waals surface area contributed by atoms with Gasteiger partial charge in [0.25, 0.3) is 0 Å². The summed E-state index contributed by atoms with van der Waals surface area (Å²) in [4.78, 5) is 0.363. The molecule has 1 aliphatic rings. The molecular formula is C15H24N2O2S2. The molecule has 2 atom stereocenters. The molecule has 2 rings (SSSR count). The predicted octanol–water partition coefficient (Wildman–Crippen LogP) is 3.02. The maximum absolute atomic E-state index is 12.4. The summed E-state index contributed by atoms with van der Waals surface area (Å²) in [5.41, 5.74) is 0.721. The van der Waals surface area contributed by atoms with Gasteiger partial charge in [0.2, 0.25) is 10.0 Å². The number of rotatable bonds is 6. The van der Waals surface area contributed by atoms with E-state index in [1.165, 1.54) is 10.7 Å². The van der Waals surface area contributed by atoms with Crippen LogP contribution in [0.4, 0.5) is 5.69 Å². The van der Waals surface area contributed by atoms with Gasteiger partial charge in [-0.05, 0) is 37.1 Å². The Hall–Kier alpha value is -0.720. The molecule has 6 heteroatoms. The first-order valence-corrected chi connectivity index (χ1v) is 9.83. The summed E-state index contributed by atoms with van der Waals surface area (Å²) < 4.78 is 26.0. The Kier molecular flexibility index (Phi) is 5.57. The number of anilines is 1. The highest BCUT2D eigenvalue weighted by molar-refractivity contribution is 7.99. The fourth-order valence-electron chi connectivity index (χ4n) is 2.69. The first-order valence-electron chi connectivity index (χ1n) is 7.34. The minimum atomic E-state index is -3.41. The maximum Gasteiger partial charge on any atom is 0.244 e. The van der Waals surface area contributed by atoms with Crippen LogP contribution >= 0.6 is 11.8 Å². The highest BCUT2D eigenvalue weighted by Gasteiger charge is 2.27. The van der Waals surface area contributed by atoms with Gasteiger partial charge in [0, 0.05) is 25.4 Å². The number of para-hydroxylation sites is 1. The molecule has 0 amide bonds. The molecule has 0 aromatic heterocycles. The fraction of sp³-hybridized carbons (Fsp3) is 0.600. The summed E-state index contributed by atoms with van der Waals surface area (Å²) in [5.74, 6) is 1.14. The summed E-state index contributed by atoms with van der Waals surface area (Å²) in [6, 6.07) is 7.55. The van der Waals surface area contributed by atoms with Crippen LogP contribution in [0.2, 0.25) is 0 Å². The van der Waals surface area contributed by atoms with Crippen molar-refractivity contribution in [1.82, 2.24) is 4.31 Å². The molecule has 0 radical (unpaired) electrons. The number of nitrogens with one attached hydrogen (secondary N) is 1. The summed E-state index contributed by atoms with van der Waals surface area (Å²) in [7, 11) is -0.277. The highest BCUT2D eigenvalue weighted by atomic mass is 32.2. The van der Waals surface area contributed by atoms with E-state index in [9.17, 15) is 8.42 Å². The van der Waals surface area contributed by atoms with Crippen LogP contribution in [0.1, 0.15) is 26.2 Å². The molecule has 0 bridgehead atoms. The van der Waals surface area contributed by atoms with E-state index in [2.05, 4.69) is 12.2 Å². The van der Waals surface area contributed by atoms with Crippen molar-refractivity contribution in [2.45, 2.75) is 42.4 Å². The third-order valence-electron chi connectivity index (χ3n) is 3.79. The highest BCUT2D eigenvalue weighted by Crippen LogP contribution is 2.33. The Morgan fingerprint density at radius 2 is 2.00 bits per heavy atom. The van der Waals surface area contributed by atoms with Gasteiger partial charge in [0.15, 0.2) is 0 Å². The van der Waals surface area contributed by atoms with Crippen LogP contribution in [0, 0.1) is 0 Å². The van der Waals surface area contributed by atoms with Crippen molar-refractivity contribution in [3.63, 3.8) is 0 Å². The number of hydrogen-bond acceptors (Lipinski definition) is 4.